The fraction of sp³-hybridized carbons (Fsp3) is 0.471. The summed E-state index contributed by atoms with van der Waals surface area (Å²) in [6.45, 7) is 1.03. The molecule has 2 aliphatic rings. The van der Waals surface area contributed by atoms with Crippen LogP contribution >= 0.6 is 27.5 Å². The zero-order valence-corrected chi connectivity index (χ0v) is 16.7. The van der Waals surface area contributed by atoms with Gasteiger partial charge >= 0.3 is 6.09 Å². The summed E-state index contributed by atoms with van der Waals surface area (Å²) < 4.78 is 20.5. The Bertz CT molecular complexity index is 903. The van der Waals surface area contributed by atoms with Crippen LogP contribution in [0.2, 0.25) is 5.28 Å². The summed E-state index contributed by atoms with van der Waals surface area (Å²) in [4.78, 5) is 23.4. The third-order valence-electron chi connectivity index (χ3n) is 5.28. The average molecular weight is 460 g/mol. The van der Waals surface area contributed by atoms with Crippen LogP contribution in [0.5, 0.6) is 0 Å². The van der Waals surface area contributed by atoms with E-state index < -0.39 is 18.1 Å². The number of benzene rings is 1. The molecule has 1 aromatic heterocycles. The highest BCUT2D eigenvalue weighted by Gasteiger charge is 2.45. The fourth-order valence-electron chi connectivity index (χ4n) is 4.19. The molecule has 0 aliphatic carbocycles. The predicted molar refractivity (Wildman–Crippen MR) is 100 cm³/mol. The zero-order chi connectivity index (χ0) is 19.3. The Morgan fingerprint density at radius 2 is 2.04 bits per heavy atom. The van der Waals surface area contributed by atoms with E-state index in [0.717, 1.165) is 12.8 Å². The molecule has 2 aromatic rings. The Morgan fingerprint density at radius 1 is 1.37 bits per heavy atom. The summed E-state index contributed by atoms with van der Waals surface area (Å²) in [7, 11) is 1.55. The van der Waals surface area contributed by atoms with Crippen LogP contribution in [0.3, 0.4) is 0 Å². The summed E-state index contributed by atoms with van der Waals surface area (Å²) in [5, 5.41) is 9.89. The van der Waals surface area contributed by atoms with Crippen molar-refractivity contribution >= 4 is 44.5 Å². The van der Waals surface area contributed by atoms with Crippen molar-refractivity contribution in [2.45, 2.75) is 31.2 Å². The van der Waals surface area contributed by atoms with Crippen molar-refractivity contribution in [1.29, 1.82) is 0 Å². The van der Waals surface area contributed by atoms with Crippen molar-refractivity contribution in [3.8, 4) is 0 Å². The van der Waals surface area contributed by atoms with E-state index in [1.807, 2.05) is 4.90 Å². The maximum absolute atomic E-state index is 14.5. The van der Waals surface area contributed by atoms with Gasteiger partial charge in [-0.05, 0) is 52.5 Å². The largest absolute Gasteiger partial charge is 0.465 e. The first-order chi connectivity index (χ1) is 12.9. The van der Waals surface area contributed by atoms with Crippen LogP contribution in [-0.2, 0) is 4.74 Å². The Labute approximate surface area is 168 Å². The molecule has 3 atom stereocenters. The first kappa shape index (κ1) is 18.8. The average Bonchev–Trinajstić information content (AvgIpc) is 2.90. The van der Waals surface area contributed by atoms with Crippen molar-refractivity contribution < 1.29 is 19.0 Å². The molecule has 0 spiro atoms. The number of halogens is 3. The van der Waals surface area contributed by atoms with E-state index in [-0.39, 0.29) is 27.4 Å². The van der Waals surface area contributed by atoms with Gasteiger partial charge < -0.3 is 9.84 Å². The number of aromatic nitrogens is 2. The lowest BCUT2D eigenvalue weighted by molar-refractivity contribution is -0.0709. The quantitative estimate of drug-likeness (QED) is 0.706. The zero-order valence-electron chi connectivity index (χ0n) is 14.4. The van der Waals surface area contributed by atoms with Gasteiger partial charge in [0.15, 0.2) is 12.0 Å². The van der Waals surface area contributed by atoms with Crippen LogP contribution in [-0.4, -0.2) is 63.3 Å². The van der Waals surface area contributed by atoms with Crippen molar-refractivity contribution in [3.05, 3.63) is 33.4 Å². The van der Waals surface area contributed by atoms with E-state index in [9.17, 15) is 14.3 Å². The molecule has 1 N–H and O–H groups in total. The predicted octanol–water partition coefficient (Wildman–Crippen LogP) is 3.66. The number of piperazine rings is 1. The van der Waals surface area contributed by atoms with Gasteiger partial charge in [0.25, 0.3) is 0 Å². The smallest absolute Gasteiger partial charge is 0.407 e. The van der Waals surface area contributed by atoms with E-state index in [4.69, 9.17) is 16.3 Å². The maximum Gasteiger partial charge on any atom is 0.407 e. The van der Waals surface area contributed by atoms with E-state index in [1.165, 1.54) is 4.90 Å². The summed E-state index contributed by atoms with van der Waals surface area (Å²) in [5.74, 6) is -0.510. The summed E-state index contributed by atoms with van der Waals surface area (Å²) >= 11 is 9.22. The van der Waals surface area contributed by atoms with E-state index >= 15 is 0 Å². The molecule has 0 radical (unpaired) electrons. The summed E-state index contributed by atoms with van der Waals surface area (Å²) in [5.41, 5.74) is 0.593. The van der Waals surface area contributed by atoms with Gasteiger partial charge in [0.2, 0.25) is 5.28 Å². The highest BCUT2D eigenvalue weighted by molar-refractivity contribution is 9.10. The SMILES string of the molecule is COC(c1nc(Cl)nc2c(F)c(Br)ccc12)N1C[C@H]2CC[C@@H](C1)N2C(=O)O. The van der Waals surface area contributed by atoms with E-state index in [2.05, 4.69) is 25.9 Å². The van der Waals surface area contributed by atoms with E-state index in [0.29, 0.717) is 24.2 Å². The highest BCUT2D eigenvalue weighted by atomic mass is 79.9. The third-order valence-corrected chi connectivity index (χ3v) is 6.06. The lowest BCUT2D eigenvalue weighted by atomic mass is 10.1. The highest BCUT2D eigenvalue weighted by Crippen LogP contribution is 2.37. The van der Waals surface area contributed by atoms with Crippen molar-refractivity contribution in [1.82, 2.24) is 19.8 Å². The van der Waals surface area contributed by atoms with Gasteiger partial charge in [-0.25, -0.2) is 19.2 Å². The number of likely N-dealkylation sites (tertiary alicyclic amines) is 1. The molecule has 2 saturated heterocycles. The minimum atomic E-state index is -0.890. The molecule has 27 heavy (non-hydrogen) atoms. The molecule has 1 aromatic carbocycles. The topological polar surface area (TPSA) is 78.8 Å². The second-order valence-electron chi connectivity index (χ2n) is 6.75. The van der Waals surface area contributed by atoms with Crippen LogP contribution < -0.4 is 0 Å². The van der Waals surface area contributed by atoms with Gasteiger partial charge in [0.1, 0.15) is 5.52 Å². The third kappa shape index (κ3) is 3.16. The summed E-state index contributed by atoms with van der Waals surface area (Å²) in [6.07, 6.45) is 0.166. The lowest BCUT2D eigenvalue weighted by Crippen LogP contribution is -2.56. The number of ether oxygens (including phenoxy) is 1. The van der Waals surface area contributed by atoms with Crippen molar-refractivity contribution in [2.75, 3.05) is 20.2 Å². The van der Waals surface area contributed by atoms with Gasteiger partial charge in [0.05, 0.1) is 10.2 Å². The minimum absolute atomic E-state index is 0.0660. The maximum atomic E-state index is 14.5. The molecule has 2 aliphatic heterocycles. The number of carboxylic acid groups (broad SMARTS) is 1. The molecule has 3 heterocycles. The Morgan fingerprint density at radius 3 is 2.63 bits per heavy atom. The second-order valence-corrected chi connectivity index (χ2v) is 7.94. The van der Waals surface area contributed by atoms with Crippen LogP contribution in [0.4, 0.5) is 9.18 Å². The second kappa shape index (κ2) is 7.12. The van der Waals surface area contributed by atoms with E-state index in [1.54, 1.807) is 19.2 Å². The lowest BCUT2D eigenvalue weighted by Gasteiger charge is -2.42. The normalized spacial score (nSPS) is 23.8. The number of amides is 1. The minimum Gasteiger partial charge on any atom is -0.465 e. The number of nitrogens with zero attached hydrogens (tertiary/aromatic N) is 4. The Balaban J connectivity index is 1.74. The molecule has 1 unspecified atom stereocenters. The van der Waals surface area contributed by atoms with Gasteiger partial charge in [-0.3, -0.25) is 9.80 Å². The number of rotatable bonds is 3. The Kier molecular flexibility index (Phi) is 4.96. The fourth-order valence-corrected chi connectivity index (χ4v) is 4.69. The number of methoxy groups -OCH3 is 1. The monoisotopic (exact) mass is 458 g/mol. The van der Waals surface area contributed by atoms with Gasteiger partial charge in [-0.1, -0.05) is 0 Å². The molecule has 1 amide bonds. The molecular weight excluding hydrogens is 443 g/mol. The first-order valence-electron chi connectivity index (χ1n) is 8.50. The van der Waals surface area contributed by atoms with Gasteiger partial charge in [-0.2, -0.15) is 0 Å². The van der Waals surface area contributed by atoms with Crippen LogP contribution in [0.25, 0.3) is 10.9 Å². The molecule has 144 valence electrons. The number of hydrogen-bond donors (Lipinski definition) is 1. The number of carbonyl (C=O) groups is 1. The van der Waals surface area contributed by atoms with Crippen molar-refractivity contribution in [3.63, 3.8) is 0 Å². The van der Waals surface area contributed by atoms with Crippen molar-refractivity contribution in [2.24, 2.45) is 0 Å². The standard InChI is InChI=1S/C17H17BrClFN4O3/c1-27-15(23-6-8-2-3-9(7-23)24(8)17(25)26)14-10-4-5-11(18)12(20)13(10)21-16(19)22-14/h4-5,8-9,15H,2-3,6-7H2,1H3,(H,25,26)/t8-,9+,15?. The van der Waals surface area contributed by atoms with Crippen LogP contribution in [0.1, 0.15) is 24.8 Å². The molecule has 7 nitrogen and oxygen atoms in total. The molecule has 0 saturated carbocycles. The van der Waals surface area contributed by atoms with Crippen LogP contribution in [0.15, 0.2) is 16.6 Å². The van der Waals surface area contributed by atoms with Gasteiger partial charge in [-0.15, -0.1) is 0 Å². The molecule has 10 heteroatoms. The first-order valence-corrected chi connectivity index (χ1v) is 9.67. The summed E-state index contributed by atoms with van der Waals surface area (Å²) in [6, 6.07) is 3.14. The molecule has 2 bridgehead atoms. The number of fused-ring (bicyclic) bond motifs is 3. The number of hydrogen-bond acceptors (Lipinski definition) is 5. The molecular formula is C17H17BrClFN4O3. The van der Waals surface area contributed by atoms with Crippen LogP contribution in [0, 0.1) is 5.82 Å². The molecule has 4 rings (SSSR count). The Hall–Kier alpha value is -1.55. The molecule has 2 fully saturated rings. The van der Waals surface area contributed by atoms with Gasteiger partial charge in [0, 0.05) is 37.7 Å².